The molecule has 4 aromatic rings. The molecule has 0 nitrogen and oxygen atoms in total. The SMILES string of the molecule is C1=C(C2=C[C@H]3CP2C(c2ccccc2)=C3c2ccccc2)P2C[C@H]1C(c1ccccc1)=C2c1ccccc1. The second-order valence-electron chi connectivity index (χ2n) is 10.5. The van der Waals surface area contributed by atoms with Crippen molar-refractivity contribution < 1.29 is 0 Å². The van der Waals surface area contributed by atoms with Crippen molar-refractivity contribution in [2.75, 3.05) is 12.3 Å². The van der Waals surface area contributed by atoms with E-state index >= 15 is 0 Å². The Bertz CT molecular complexity index is 1520. The van der Waals surface area contributed by atoms with E-state index in [1.165, 1.54) is 34.6 Å². The number of benzene rings is 4. The Balaban J connectivity index is 1.23. The fourth-order valence-corrected chi connectivity index (χ4v) is 13.7. The minimum atomic E-state index is -0.348. The van der Waals surface area contributed by atoms with Crippen LogP contribution in [0.15, 0.2) is 144 Å². The highest BCUT2D eigenvalue weighted by molar-refractivity contribution is 7.79. The van der Waals surface area contributed by atoms with Crippen molar-refractivity contribution in [2.24, 2.45) is 11.8 Å². The average molecular weight is 523 g/mol. The van der Waals surface area contributed by atoms with Crippen molar-refractivity contribution >= 4 is 37.6 Å². The maximum absolute atomic E-state index is 2.68. The van der Waals surface area contributed by atoms with Gasteiger partial charge in [0.15, 0.2) is 0 Å². The maximum Gasteiger partial charge on any atom is 0.00855 e. The quantitative estimate of drug-likeness (QED) is 0.229. The van der Waals surface area contributed by atoms with Gasteiger partial charge in [0.25, 0.3) is 0 Å². The predicted molar refractivity (Wildman–Crippen MR) is 166 cm³/mol. The molecule has 182 valence electrons. The molecule has 4 atom stereocenters. The van der Waals surface area contributed by atoms with Crippen molar-refractivity contribution in [3.05, 3.63) is 166 Å². The number of rotatable bonds is 5. The summed E-state index contributed by atoms with van der Waals surface area (Å²) in [6.07, 6.45) is 7.92. The molecule has 4 heterocycles. The lowest BCUT2D eigenvalue weighted by Crippen LogP contribution is -2.01. The summed E-state index contributed by atoms with van der Waals surface area (Å²) in [6.45, 7) is 0. The highest BCUT2D eigenvalue weighted by atomic mass is 31.1. The third kappa shape index (κ3) is 3.51. The van der Waals surface area contributed by atoms with E-state index in [-0.39, 0.29) is 15.8 Å². The van der Waals surface area contributed by atoms with Gasteiger partial charge < -0.3 is 0 Å². The second-order valence-corrected chi connectivity index (χ2v) is 14.8. The van der Waals surface area contributed by atoms with Crippen LogP contribution in [0.3, 0.4) is 0 Å². The first-order chi connectivity index (χ1) is 18.9. The molecular weight excluding hydrogens is 494 g/mol. The Morgan fingerprint density at radius 1 is 0.395 bits per heavy atom. The Morgan fingerprint density at radius 2 is 0.711 bits per heavy atom. The monoisotopic (exact) mass is 522 g/mol. The average Bonchev–Trinajstić information content (AvgIpc) is 3.78. The first kappa shape index (κ1) is 22.7. The van der Waals surface area contributed by atoms with Crippen molar-refractivity contribution in [2.45, 2.75) is 0 Å². The second kappa shape index (κ2) is 9.17. The molecule has 0 fully saturated rings. The van der Waals surface area contributed by atoms with Crippen LogP contribution in [0, 0.1) is 11.8 Å². The molecule has 0 radical (unpaired) electrons. The van der Waals surface area contributed by atoms with Crippen LogP contribution in [-0.2, 0) is 0 Å². The summed E-state index contributed by atoms with van der Waals surface area (Å²) in [5.41, 5.74) is 8.80. The minimum absolute atomic E-state index is 0.348. The topological polar surface area (TPSA) is 0 Å². The minimum Gasteiger partial charge on any atom is -0.0679 e. The maximum atomic E-state index is 2.68. The molecule has 0 saturated carbocycles. The van der Waals surface area contributed by atoms with Crippen LogP contribution >= 0.6 is 15.8 Å². The van der Waals surface area contributed by atoms with Gasteiger partial charge in [-0.2, -0.15) is 0 Å². The lowest BCUT2D eigenvalue weighted by Gasteiger charge is -2.28. The molecule has 0 aromatic heterocycles. The first-order valence-electron chi connectivity index (χ1n) is 13.6. The molecule has 4 aromatic carbocycles. The molecule has 0 aliphatic carbocycles. The summed E-state index contributed by atoms with van der Waals surface area (Å²) < 4.78 is 0. The van der Waals surface area contributed by atoms with Gasteiger partial charge in [-0.3, -0.25) is 0 Å². The fraction of sp³-hybridized carbons (Fsp3) is 0.111. The van der Waals surface area contributed by atoms with E-state index in [0.29, 0.717) is 11.8 Å². The molecule has 4 aliphatic heterocycles. The van der Waals surface area contributed by atoms with Crippen LogP contribution in [0.2, 0.25) is 0 Å². The van der Waals surface area contributed by atoms with E-state index in [9.17, 15) is 0 Å². The lowest BCUT2D eigenvalue weighted by molar-refractivity contribution is 1.00. The number of hydrogen-bond donors (Lipinski definition) is 0. The molecule has 0 spiro atoms. The van der Waals surface area contributed by atoms with E-state index in [2.05, 4.69) is 133 Å². The van der Waals surface area contributed by atoms with Gasteiger partial charge in [0.1, 0.15) is 0 Å². The van der Waals surface area contributed by atoms with E-state index in [1.54, 1.807) is 32.4 Å². The molecule has 2 unspecified atom stereocenters. The van der Waals surface area contributed by atoms with E-state index < -0.39 is 0 Å². The number of fused-ring (bicyclic) bond motifs is 4. The zero-order chi connectivity index (χ0) is 25.1. The van der Waals surface area contributed by atoms with Crippen molar-refractivity contribution in [3.8, 4) is 0 Å². The van der Waals surface area contributed by atoms with Crippen LogP contribution in [-0.4, -0.2) is 12.3 Å². The summed E-state index contributed by atoms with van der Waals surface area (Å²) in [5, 5.41) is 6.64. The zero-order valence-corrected chi connectivity index (χ0v) is 23.0. The molecule has 0 saturated heterocycles. The third-order valence-corrected chi connectivity index (χ3v) is 14.1. The lowest BCUT2D eigenvalue weighted by atomic mass is 9.90. The highest BCUT2D eigenvalue weighted by Crippen LogP contribution is 2.80. The third-order valence-electron chi connectivity index (χ3n) is 8.38. The summed E-state index contributed by atoms with van der Waals surface area (Å²) in [4.78, 5) is 0. The van der Waals surface area contributed by atoms with Gasteiger partial charge in [0, 0.05) is 11.8 Å². The van der Waals surface area contributed by atoms with Gasteiger partial charge in [0.05, 0.1) is 0 Å². The standard InChI is InChI=1S/C36H28P2/c1-5-13-25(14-6-1)33-29-21-31(37(23-29)35(33)27-17-9-3-10-18-27)32-22-30-24-38(32)36(28-19-11-4-12-20-28)34(30)26-15-7-2-8-16-26/h1-22,29-30H,23-24H2/t29-,30-,37?,38?/m0/s1. The largest absolute Gasteiger partial charge is 0.0679 e. The van der Waals surface area contributed by atoms with Crippen molar-refractivity contribution in [3.63, 3.8) is 0 Å². The molecule has 8 rings (SSSR count). The van der Waals surface area contributed by atoms with E-state index in [0.717, 1.165) is 0 Å². The molecule has 4 bridgehead atoms. The van der Waals surface area contributed by atoms with Crippen LogP contribution in [0.1, 0.15) is 22.3 Å². The molecule has 4 aliphatic rings. The summed E-state index contributed by atoms with van der Waals surface area (Å²) in [6, 6.07) is 44.8. The van der Waals surface area contributed by atoms with E-state index in [1.807, 2.05) is 0 Å². The van der Waals surface area contributed by atoms with Crippen LogP contribution in [0.5, 0.6) is 0 Å². The molecular formula is C36H28P2. The fourth-order valence-electron chi connectivity index (χ4n) is 6.87. The van der Waals surface area contributed by atoms with Gasteiger partial charge in [-0.25, -0.2) is 0 Å². The number of allylic oxidation sites excluding steroid dienone is 6. The van der Waals surface area contributed by atoms with Gasteiger partial charge in [-0.15, -0.1) is 0 Å². The number of hydrogen-bond acceptors (Lipinski definition) is 0. The summed E-state index contributed by atoms with van der Waals surface area (Å²) >= 11 is 0. The predicted octanol–water partition coefficient (Wildman–Crippen LogP) is 10.1. The van der Waals surface area contributed by atoms with Gasteiger partial charge in [-0.05, 0) is 82.8 Å². The molecule has 38 heavy (non-hydrogen) atoms. The Labute approximate surface area is 227 Å². The Hall–Kier alpha value is -3.30. The van der Waals surface area contributed by atoms with Crippen molar-refractivity contribution in [1.29, 1.82) is 0 Å². The Morgan fingerprint density at radius 3 is 1.05 bits per heavy atom. The molecule has 2 heteroatoms. The normalized spacial score (nSPS) is 25.3. The summed E-state index contributed by atoms with van der Waals surface area (Å²) in [7, 11) is -0.696. The highest BCUT2D eigenvalue weighted by Gasteiger charge is 2.48. The van der Waals surface area contributed by atoms with Gasteiger partial charge in [0.2, 0.25) is 0 Å². The van der Waals surface area contributed by atoms with Gasteiger partial charge >= 0.3 is 0 Å². The molecule has 0 amide bonds. The Kier molecular flexibility index (Phi) is 5.47. The van der Waals surface area contributed by atoms with Gasteiger partial charge in [-0.1, -0.05) is 133 Å². The van der Waals surface area contributed by atoms with E-state index in [4.69, 9.17) is 0 Å². The molecule has 0 N–H and O–H groups in total. The van der Waals surface area contributed by atoms with Crippen LogP contribution in [0.25, 0.3) is 21.8 Å². The van der Waals surface area contributed by atoms with Crippen molar-refractivity contribution in [1.82, 2.24) is 0 Å². The zero-order valence-electron chi connectivity index (χ0n) is 21.2. The first-order valence-corrected chi connectivity index (χ1v) is 16.6. The van der Waals surface area contributed by atoms with Crippen LogP contribution in [0.4, 0.5) is 0 Å². The van der Waals surface area contributed by atoms with Crippen LogP contribution < -0.4 is 0 Å². The summed E-state index contributed by atoms with van der Waals surface area (Å²) in [5.74, 6) is 1.06. The smallest absolute Gasteiger partial charge is 0.00855 e.